The first-order valence-electron chi connectivity index (χ1n) is 5.61. The average molecular weight is 296 g/mol. The number of thiophene rings is 1. The van der Waals surface area contributed by atoms with E-state index < -0.39 is 17.6 Å². The fraction of sp³-hybridized carbons (Fsp3) is 0.0714. The Labute approximate surface area is 117 Å². The van der Waals surface area contributed by atoms with Crippen molar-refractivity contribution in [1.29, 1.82) is 0 Å². The van der Waals surface area contributed by atoms with Crippen LogP contribution in [0.25, 0.3) is 6.08 Å². The van der Waals surface area contributed by atoms with Gasteiger partial charge in [0.25, 0.3) is 0 Å². The predicted molar refractivity (Wildman–Crippen MR) is 71.7 cm³/mol. The molecule has 0 spiro atoms. The van der Waals surface area contributed by atoms with Gasteiger partial charge in [0.1, 0.15) is 12.4 Å². The third-order valence-corrected chi connectivity index (χ3v) is 3.35. The fourth-order valence-corrected chi connectivity index (χ4v) is 2.29. The second-order valence-electron chi connectivity index (χ2n) is 3.83. The van der Waals surface area contributed by atoms with E-state index in [0.717, 1.165) is 29.2 Å². The van der Waals surface area contributed by atoms with Crippen molar-refractivity contribution in [2.24, 2.45) is 0 Å². The normalized spacial score (nSPS) is 10.9. The summed E-state index contributed by atoms with van der Waals surface area (Å²) in [5.74, 6) is -2.46. The molecule has 0 fully saturated rings. The van der Waals surface area contributed by atoms with Gasteiger partial charge in [0.15, 0.2) is 11.6 Å². The summed E-state index contributed by atoms with van der Waals surface area (Å²) in [5, 5.41) is 10.3. The molecule has 1 aromatic carbocycles. The number of carbonyl (C=O) groups is 1. The van der Waals surface area contributed by atoms with E-state index in [2.05, 4.69) is 0 Å². The lowest BCUT2D eigenvalue weighted by Crippen LogP contribution is -1.97. The Bertz CT molecular complexity index is 650. The maximum absolute atomic E-state index is 13.4. The highest BCUT2D eigenvalue weighted by Gasteiger charge is 2.08. The third kappa shape index (κ3) is 3.64. The molecule has 2 rings (SSSR count). The molecule has 104 valence electrons. The Kier molecular flexibility index (Phi) is 4.47. The van der Waals surface area contributed by atoms with Crippen LogP contribution in [0.3, 0.4) is 0 Å². The second kappa shape index (κ2) is 6.29. The predicted octanol–water partition coefficient (Wildman–Crippen LogP) is 3.70. The zero-order valence-corrected chi connectivity index (χ0v) is 11.0. The maximum Gasteiger partial charge on any atom is 0.328 e. The zero-order valence-electron chi connectivity index (χ0n) is 10.2. The molecule has 6 heteroatoms. The van der Waals surface area contributed by atoms with Crippen LogP contribution in [0.5, 0.6) is 5.75 Å². The summed E-state index contributed by atoms with van der Waals surface area (Å²) in [4.78, 5) is 11.2. The molecule has 3 nitrogen and oxygen atoms in total. The maximum atomic E-state index is 13.4. The van der Waals surface area contributed by atoms with Crippen molar-refractivity contribution in [3.63, 3.8) is 0 Å². The Balaban J connectivity index is 2.10. The molecule has 0 radical (unpaired) electrons. The van der Waals surface area contributed by atoms with Gasteiger partial charge in [-0.2, -0.15) is 0 Å². The highest BCUT2D eigenvalue weighted by molar-refractivity contribution is 7.10. The summed E-state index contributed by atoms with van der Waals surface area (Å²) in [6.07, 6.45) is 2.44. The number of rotatable bonds is 5. The Morgan fingerprint density at radius 3 is 2.90 bits per heavy atom. The first kappa shape index (κ1) is 14.2. The van der Waals surface area contributed by atoms with E-state index in [9.17, 15) is 13.6 Å². The van der Waals surface area contributed by atoms with Gasteiger partial charge < -0.3 is 9.84 Å². The van der Waals surface area contributed by atoms with Crippen LogP contribution in [-0.2, 0) is 11.4 Å². The van der Waals surface area contributed by atoms with Crippen molar-refractivity contribution in [2.75, 3.05) is 0 Å². The summed E-state index contributed by atoms with van der Waals surface area (Å²) in [7, 11) is 0. The van der Waals surface area contributed by atoms with Gasteiger partial charge in [-0.05, 0) is 35.2 Å². The number of carboxylic acid groups (broad SMARTS) is 1. The van der Waals surface area contributed by atoms with Crippen molar-refractivity contribution in [3.05, 3.63) is 57.8 Å². The number of halogens is 2. The van der Waals surface area contributed by atoms with Crippen molar-refractivity contribution in [3.8, 4) is 5.75 Å². The first-order valence-corrected chi connectivity index (χ1v) is 6.49. The Morgan fingerprint density at radius 2 is 2.15 bits per heavy atom. The van der Waals surface area contributed by atoms with Gasteiger partial charge >= 0.3 is 5.97 Å². The number of carboxylic acids is 1. The van der Waals surface area contributed by atoms with Gasteiger partial charge in [0.2, 0.25) is 0 Å². The molecular weight excluding hydrogens is 286 g/mol. The van der Waals surface area contributed by atoms with Gasteiger partial charge in [-0.3, -0.25) is 0 Å². The monoisotopic (exact) mass is 296 g/mol. The van der Waals surface area contributed by atoms with Crippen LogP contribution in [-0.4, -0.2) is 11.1 Å². The van der Waals surface area contributed by atoms with E-state index in [1.807, 2.05) is 0 Å². The summed E-state index contributed by atoms with van der Waals surface area (Å²) in [6, 6.07) is 4.69. The van der Waals surface area contributed by atoms with Crippen LogP contribution < -0.4 is 4.74 Å². The van der Waals surface area contributed by atoms with E-state index >= 15 is 0 Å². The Hall–Kier alpha value is -2.21. The van der Waals surface area contributed by atoms with Gasteiger partial charge in [-0.15, -0.1) is 11.3 Å². The number of aliphatic carboxylic acids is 1. The quantitative estimate of drug-likeness (QED) is 0.856. The standard InChI is InChI=1S/C14H10F2O3S/c15-10-2-3-11(16)12(7-10)19-8-13-9(5-6-20-13)1-4-14(17)18/h1-7H,8H2,(H,17,18). The molecule has 0 saturated carbocycles. The van der Waals surface area contributed by atoms with Gasteiger partial charge in [-0.25, -0.2) is 13.6 Å². The van der Waals surface area contributed by atoms with Crippen LogP contribution in [0.15, 0.2) is 35.7 Å². The van der Waals surface area contributed by atoms with E-state index in [1.165, 1.54) is 17.4 Å². The molecule has 0 aliphatic rings. The molecule has 0 saturated heterocycles. The van der Waals surface area contributed by atoms with Crippen LogP contribution in [0, 0.1) is 11.6 Å². The Morgan fingerprint density at radius 1 is 1.35 bits per heavy atom. The minimum absolute atomic E-state index is 0.0390. The minimum Gasteiger partial charge on any atom is -0.485 e. The zero-order chi connectivity index (χ0) is 14.5. The van der Waals surface area contributed by atoms with Gasteiger partial charge in [0.05, 0.1) is 0 Å². The third-order valence-electron chi connectivity index (χ3n) is 2.44. The second-order valence-corrected chi connectivity index (χ2v) is 4.83. The molecular formula is C14H10F2O3S. The summed E-state index contributed by atoms with van der Waals surface area (Å²) >= 11 is 1.35. The van der Waals surface area contributed by atoms with Crippen molar-refractivity contribution in [2.45, 2.75) is 6.61 Å². The number of ether oxygens (including phenoxy) is 1. The fourth-order valence-electron chi connectivity index (χ4n) is 1.51. The highest BCUT2D eigenvalue weighted by Crippen LogP contribution is 2.23. The lowest BCUT2D eigenvalue weighted by atomic mass is 10.2. The molecule has 0 bridgehead atoms. The topological polar surface area (TPSA) is 46.5 Å². The van der Waals surface area contributed by atoms with Crippen molar-refractivity contribution in [1.82, 2.24) is 0 Å². The number of benzene rings is 1. The highest BCUT2D eigenvalue weighted by atomic mass is 32.1. The van der Waals surface area contributed by atoms with Crippen LogP contribution >= 0.6 is 11.3 Å². The molecule has 0 atom stereocenters. The number of hydrogen-bond donors (Lipinski definition) is 1. The smallest absolute Gasteiger partial charge is 0.328 e. The van der Waals surface area contributed by atoms with E-state index in [-0.39, 0.29) is 12.4 Å². The molecule has 1 heterocycles. The molecule has 0 aliphatic heterocycles. The SMILES string of the molecule is O=C(O)C=Cc1ccsc1COc1cc(F)ccc1F. The molecule has 20 heavy (non-hydrogen) atoms. The summed E-state index contributed by atoms with van der Waals surface area (Å²) in [5.41, 5.74) is 0.675. The van der Waals surface area contributed by atoms with E-state index in [0.29, 0.717) is 5.56 Å². The molecule has 1 aromatic heterocycles. The summed E-state index contributed by atoms with van der Waals surface area (Å²) < 4.78 is 31.6. The van der Waals surface area contributed by atoms with Crippen LogP contribution in [0.2, 0.25) is 0 Å². The molecule has 0 unspecified atom stereocenters. The van der Waals surface area contributed by atoms with Crippen LogP contribution in [0.1, 0.15) is 10.4 Å². The van der Waals surface area contributed by atoms with Crippen LogP contribution in [0.4, 0.5) is 8.78 Å². The van der Waals surface area contributed by atoms with Crippen molar-refractivity contribution < 1.29 is 23.4 Å². The van der Waals surface area contributed by atoms with E-state index in [1.54, 1.807) is 11.4 Å². The van der Waals surface area contributed by atoms with Crippen molar-refractivity contribution >= 4 is 23.4 Å². The van der Waals surface area contributed by atoms with Gasteiger partial charge in [-0.1, -0.05) is 0 Å². The molecule has 0 amide bonds. The lowest BCUT2D eigenvalue weighted by molar-refractivity contribution is -0.131. The minimum atomic E-state index is -1.06. The molecule has 0 aliphatic carbocycles. The number of hydrogen-bond acceptors (Lipinski definition) is 3. The van der Waals surface area contributed by atoms with E-state index in [4.69, 9.17) is 9.84 Å². The summed E-state index contributed by atoms with van der Waals surface area (Å²) in [6.45, 7) is 0.0390. The molecule has 2 aromatic rings. The van der Waals surface area contributed by atoms with Gasteiger partial charge in [0, 0.05) is 17.0 Å². The molecule has 1 N–H and O–H groups in total. The lowest BCUT2D eigenvalue weighted by Gasteiger charge is -2.06. The first-order chi connectivity index (χ1) is 9.56. The largest absolute Gasteiger partial charge is 0.485 e. The average Bonchev–Trinajstić information content (AvgIpc) is 2.85.